The first kappa shape index (κ1) is 18.9. The second-order valence-corrected chi connectivity index (χ2v) is 7.27. The van der Waals surface area contributed by atoms with E-state index >= 15 is 0 Å². The first-order valence-electron chi connectivity index (χ1n) is 9.13. The fourth-order valence-corrected chi connectivity index (χ4v) is 3.37. The molecule has 27 heavy (non-hydrogen) atoms. The molecule has 2 amide bonds. The van der Waals surface area contributed by atoms with Crippen LogP contribution in [0.25, 0.3) is 0 Å². The first-order chi connectivity index (χ1) is 12.8. The number of aromatic nitrogens is 3. The van der Waals surface area contributed by atoms with E-state index in [0.29, 0.717) is 30.9 Å². The Bertz CT molecular complexity index is 916. The van der Waals surface area contributed by atoms with Gasteiger partial charge in [0.15, 0.2) is 5.82 Å². The molecule has 1 unspecified atom stereocenters. The van der Waals surface area contributed by atoms with E-state index in [1.54, 1.807) is 22.7 Å². The molecule has 1 N–H and O–H groups in total. The molecule has 8 heteroatoms. The molecule has 0 radical (unpaired) electrons. The lowest BCUT2D eigenvalue weighted by Crippen LogP contribution is -2.50. The Morgan fingerprint density at radius 2 is 2.07 bits per heavy atom. The van der Waals surface area contributed by atoms with Crippen LogP contribution >= 0.6 is 0 Å². The summed E-state index contributed by atoms with van der Waals surface area (Å²) in [5.74, 6) is 0.214. The molecule has 1 aliphatic rings. The summed E-state index contributed by atoms with van der Waals surface area (Å²) in [6.07, 6.45) is 4.79. The van der Waals surface area contributed by atoms with Crippen molar-refractivity contribution in [1.82, 2.24) is 19.2 Å². The number of piperidine rings is 1. The minimum Gasteiger partial charge on any atom is -0.338 e. The maximum absolute atomic E-state index is 12.8. The molecular weight excluding hydrogens is 346 g/mol. The monoisotopic (exact) mass is 371 g/mol. The third-order valence-electron chi connectivity index (χ3n) is 5.07. The van der Waals surface area contributed by atoms with Gasteiger partial charge in [0.1, 0.15) is 0 Å². The zero-order chi connectivity index (χ0) is 19.6. The van der Waals surface area contributed by atoms with Crippen molar-refractivity contribution in [2.75, 3.05) is 18.4 Å². The molecule has 3 rings (SSSR count). The van der Waals surface area contributed by atoms with Crippen molar-refractivity contribution in [2.45, 2.75) is 33.2 Å². The summed E-state index contributed by atoms with van der Waals surface area (Å²) in [7, 11) is 1.61. The van der Waals surface area contributed by atoms with Crippen molar-refractivity contribution in [3.05, 3.63) is 46.5 Å². The summed E-state index contributed by atoms with van der Waals surface area (Å²) in [6, 6.07) is 4.68. The number of pyridine rings is 1. The highest BCUT2D eigenvalue weighted by Gasteiger charge is 2.39. The number of carbonyl (C=O) groups excluding carboxylic acids is 2. The van der Waals surface area contributed by atoms with E-state index in [1.807, 2.05) is 20.0 Å². The summed E-state index contributed by atoms with van der Waals surface area (Å²) in [5, 5.41) is 7.15. The van der Waals surface area contributed by atoms with Gasteiger partial charge in [0.25, 0.3) is 5.91 Å². The van der Waals surface area contributed by atoms with Crippen molar-refractivity contribution in [3.8, 4) is 0 Å². The van der Waals surface area contributed by atoms with Crippen LogP contribution in [-0.2, 0) is 18.4 Å². The highest BCUT2D eigenvalue weighted by atomic mass is 16.2. The molecule has 3 heterocycles. The summed E-state index contributed by atoms with van der Waals surface area (Å²) >= 11 is 0. The van der Waals surface area contributed by atoms with Crippen LogP contribution in [0.2, 0.25) is 0 Å². The molecule has 1 fully saturated rings. The standard InChI is InChI=1S/C19H25N5O3/c1-4-24-11-8-15(21-24)20-18(27)19(2)9-5-10-23(13-19)17(26)14-6-7-16(25)22(3)12-14/h6-8,11-12H,4-5,9-10,13H2,1-3H3,(H,20,21,27). The molecule has 2 aromatic heterocycles. The summed E-state index contributed by atoms with van der Waals surface area (Å²) < 4.78 is 3.13. The molecule has 0 aromatic carbocycles. The lowest BCUT2D eigenvalue weighted by molar-refractivity contribution is -0.127. The second-order valence-electron chi connectivity index (χ2n) is 7.27. The quantitative estimate of drug-likeness (QED) is 0.882. The van der Waals surface area contributed by atoms with Crippen LogP contribution in [-0.4, -0.2) is 44.2 Å². The number of amides is 2. The molecule has 8 nitrogen and oxygen atoms in total. The number of nitrogens with zero attached hydrogens (tertiary/aromatic N) is 4. The number of carbonyl (C=O) groups is 2. The topological polar surface area (TPSA) is 89.2 Å². The Labute approximate surface area is 157 Å². The minimum atomic E-state index is -0.690. The van der Waals surface area contributed by atoms with E-state index < -0.39 is 5.41 Å². The SMILES string of the molecule is CCn1ccc(NC(=O)C2(C)CCCN(C(=O)c3ccc(=O)n(C)c3)C2)n1. The van der Waals surface area contributed by atoms with Crippen molar-refractivity contribution in [2.24, 2.45) is 12.5 Å². The fourth-order valence-electron chi connectivity index (χ4n) is 3.37. The number of hydrogen-bond donors (Lipinski definition) is 1. The Balaban J connectivity index is 1.73. The van der Waals surface area contributed by atoms with Crippen LogP contribution in [0, 0.1) is 5.41 Å². The van der Waals surface area contributed by atoms with Crippen molar-refractivity contribution in [1.29, 1.82) is 0 Å². The number of aryl methyl sites for hydroxylation is 2. The molecule has 144 valence electrons. The van der Waals surface area contributed by atoms with Crippen molar-refractivity contribution in [3.63, 3.8) is 0 Å². The molecule has 1 atom stereocenters. The van der Waals surface area contributed by atoms with E-state index in [-0.39, 0.29) is 17.4 Å². The molecule has 1 aliphatic heterocycles. The Morgan fingerprint density at radius 1 is 1.30 bits per heavy atom. The predicted octanol–water partition coefficient (Wildman–Crippen LogP) is 1.48. The average molecular weight is 371 g/mol. The smallest absolute Gasteiger partial charge is 0.255 e. The fraction of sp³-hybridized carbons (Fsp3) is 0.474. The third-order valence-corrected chi connectivity index (χ3v) is 5.07. The minimum absolute atomic E-state index is 0.137. The number of nitrogens with one attached hydrogen (secondary N) is 1. The number of likely N-dealkylation sites (tertiary alicyclic amines) is 1. The molecular formula is C19H25N5O3. The van der Waals surface area contributed by atoms with Crippen LogP contribution in [0.4, 0.5) is 5.82 Å². The molecule has 1 saturated heterocycles. The maximum Gasteiger partial charge on any atom is 0.255 e. The average Bonchev–Trinajstić information content (AvgIpc) is 3.11. The van der Waals surface area contributed by atoms with Crippen LogP contribution in [0.15, 0.2) is 35.4 Å². The van der Waals surface area contributed by atoms with E-state index in [1.165, 1.54) is 22.9 Å². The van der Waals surface area contributed by atoms with Crippen LogP contribution < -0.4 is 10.9 Å². The zero-order valence-electron chi connectivity index (χ0n) is 15.9. The van der Waals surface area contributed by atoms with Crippen molar-refractivity contribution >= 4 is 17.6 Å². The summed E-state index contributed by atoms with van der Waals surface area (Å²) in [6.45, 7) is 5.50. The highest BCUT2D eigenvalue weighted by Crippen LogP contribution is 2.31. The Morgan fingerprint density at radius 3 is 2.74 bits per heavy atom. The van der Waals surface area contributed by atoms with Gasteiger partial charge < -0.3 is 14.8 Å². The van der Waals surface area contributed by atoms with Gasteiger partial charge in [-0.25, -0.2) is 0 Å². The van der Waals surface area contributed by atoms with Crippen LogP contribution in [0.5, 0.6) is 0 Å². The van der Waals surface area contributed by atoms with Gasteiger partial charge in [-0.15, -0.1) is 0 Å². The largest absolute Gasteiger partial charge is 0.338 e. The van der Waals surface area contributed by atoms with Gasteiger partial charge >= 0.3 is 0 Å². The van der Waals surface area contributed by atoms with E-state index in [4.69, 9.17) is 0 Å². The molecule has 0 bridgehead atoms. The first-order valence-corrected chi connectivity index (χ1v) is 9.13. The molecule has 0 aliphatic carbocycles. The number of anilines is 1. The van der Waals surface area contributed by atoms with E-state index in [9.17, 15) is 14.4 Å². The van der Waals surface area contributed by atoms with Gasteiger partial charge in [-0.05, 0) is 32.8 Å². The Hall–Kier alpha value is -2.90. The second kappa shape index (κ2) is 7.38. The highest BCUT2D eigenvalue weighted by molar-refractivity contribution is 5.97. The van der Waals surface area contributed by atoms with Gasteiger partial charge in [0.2, 0.25) is 11.5 Å². The maximum atomic E-state index is 12.8. The normalized spacial score (nSPS) is 19.7. The Kier molecular flexibility index (Phi) is 5.16. The van der Waals surface area contributed by atoms with E-state index in [2.05, 4.69) is 10.4 Å². The molecule has 0 saturated carbocycles. The van der Waals surface area contributed by atoms with Crippen LogP contribution in [0.1, 0.15) is 37.0 Å². The lowest BCUT2D eigenvalue weighted by atomic mass is 9.80. The summed E-state index contributed by atoms with van der Waals surface area (Å²) in [4.78, 5) is 38.9. The molecule has 2 aromatic rings. The van der Waals surface area contributed by atoms with Crippen LogP contribution in [0.3, 0.4) is 0 Å². The van der Waals surface area contributed by atoms with Gasteiger partial charge in [-0.1, -0.05) is 0 Å². The van der Waals surface area contributed by atoms with E-state index in [0.717, 1.165) is 13.0 Å². The lowest BCUT2D eigenvalue weighted by Gasteiger charge is -2.39. The summed E-state index contributed by atoms with van der Waals surface area (Å²) in [5.41, 5.74) is -0.408. The zero-order valence-corrected chi connectivity index (χ0v) is 15.9. The predicted molar refractivity (Wildman–Crippen MR) is 101 cm³/mol. The molecule has 0 spiro atoms. The van der Waals surface area contributed by atoms with Gasteiger partial charge in [0.05, 0.1) is 11.0 Å². The number of hydrogen-bond acceptors (Lipinski definition) is 4. The van der Waals surface area contributed by atoms with Gasteiger partial charge in [-0.3, -0.25) is 19.1 Å². The van der Waals surface area contributed by atoms with Gasteiger partial charge in [-0.2, -0.15) is 5.10 Å². The van der Waals surface area contributed by atoms with Gasteiger partial charge in [0, 0.05) is 51.2 Å². The number of rotatable bonds is 4. The van der Waals surface area contributed by atoms with Crippen molar-refractivity contribution < 1.29 is 9.59 Å². The third kappa shape index (κ3) is 3.94.